The monoisotopic (exact) mass is 249 g/mol. The summed E-state index contributed by atoms with van der Waals surface area (Å²) in [5, 5.41) is -1.15. The van der Waals surface area contributed by atoms with Crippen LogP contribution in [-0.4, -0.2) is 23.2 Å². The van der Waals surface area contributed by atoms with Gasteiger partial charge in [0.05, 0.1) is 16.8 Å². The summed E-state index contributed by atoms with van der Waals surface area (Å²) in [5.41, 5.74) is 5.40. The van der Waals surface area contributed by atoms with Crippen LogP contribution in [0.5, 0.6) is 0 Å². The van der Waals surface area contributed by atoms with Gasteiger partial charge in [-0.2, -0.15) is 0 Å². The first kappa shape index (κ1) is 11.9. The van der Waals surface area contributed by atoms with E-state index in [0.717, 1.165) is 6.08 Å². The molecule has 0 saturated carbocycles. The Kier molecular flexibility index (Phi) is 3.55. The molecule has 7 heteroatoms. The third kappa shape index (κ3) is 3.22. The molecule has 0 amide bonds. The van der Waals surface area contributed by atoms with E-state index in [0.29, 0.717) is 0 Å². The van der Waals surface area contributed by atoms with Crippen LogP contribution in [0, 0.1) is 0 Å². The van der Waals surface area contributed by atoms with Crippen LogP contribution in [0.25, 0.3) is 0 Å². The van der Waals surface area contributed by atoms with E-state index in [1.807, 2.05) is 0 Å². The Balaban J connectivity index is 2.72. The van der Waals surface area contributed by atoms with Crippen molar-refractivity contribution in [2.45, 2.75) is 29.6 Å². The zero-order valence-corrected chi connectivity index (χ0v) is 8.40. The average molecular weight is 250 g/mol. The fourth-order valence-electron chi connectivity index (χ4n) is 1.12. The van der Waals surface area contributed by atoms with Crippen molar-refractivity contribution >= 4 is 23.2 Å². The minimum atomic E-state index is -4.74. The van der Waals surface area contributed by atoms with Crippen LogP contribution in [-0.2, 0) is 4.74 Å². The van der Waals surface area contributed by atoms with E-state index < -0.39 is 23.2 Å². The highest BCUT2D eigenvalue weighted by Gasteiger charge is 2.37. The van der Waals surface area contributed by atoms with E-state index in [9.17, 15) is 13.2 Å². The summed E-state index contributed by atoms with van der Waals surface area (Å²) in [6.07, 6.45) is -3.47. The summed E-state index contributed by atoms with van der Waals surface area (Å²) in [5.74, 6) is -0.366. The second-order valence-corrected chi connectivity index (χ2v) is 3.98. The quantitative estimate of drug-likeness (QED) is 0.725. The van der Waals surface area contributed by atoms with Crippen LogP contribution in [0.1, 0.15) is 6.42 Å². The Morgan fingerprint density at radius 3 is 2.50 bits per heavy atom. The highest BCUT2D eigenvalue weighted by molar-refractivity contribution is 6.31. The maximum atomic E-state index is 11.8. The van der Waals surface area contributed by atoms with Gasteiger partial charge in [-0.1, -0.05) is 0 Å². The van der Waals surface area contributed by atoms with E-state index in [2.05, 4.69) is 4.74 Å². The molecule has 0 saturated heterocycles. The first-order valence-corrected chi connectivity index (χ1v) is 4.68. The third-order valence-corrected chi connectivity index (χ3v) is 2.76. The number of hydrogen-bond acceptors (Lipinski definition) is 2. The van der Waals surface area contributed by atoms with Crippen molar-refractivity contribution in [3.63, 3.8) is 0 Å². The fourth-order valence-corrected chi connectivity index (χ4v) is 1.61. The molecule has 2 nitrogen and oxygen atoms in total. The smallest absolute Gasteiger partial charge is 0.409 e. The highest BCUT2D eigenvalue weighted by atomic mass is 35.5. The Hall–Kier alpha value is -0.130. The molecule has 0 radical (unpaired) electrons. The molecule has 1 aliphatic carbocycles. The zero-order valence-electron chi connectivity index (χ0n) is 6.89. The van der Waals surface area contributed by atoms with Gasteiger partial charge in [-0.3, -0.25) is 0 Å². The van der Waals surface area contributed by atoms with Crippen LogP contribution in [0.2, 0.25) is 0 Å². The summed E-state index contributed by atoms with van der Waals surface area (Å²) in [6.45, 7) is 0. The SMILES string of the molecule is NC1CC(Cl)C(Cl)C=C1OC(F)(F)F. The van der Waals surface area contributed by atoms with Crippen molar-refractivity contribution in [2.24, 2.45) is 5.73 Å². The molecular formula is C7H8Cl2F3NO. The maximum absolute atomic E-state index is 11.8. The summed E-state index contributed by atoms with van der Waals surface area (Å²) >= 11 is 11.3. The standard InChI is InChI=1S/C7H8Cl2F3NO/c8-3-1-5(13)6(2-4(3)9)14-7(10,11)12/h2-5H,1,13H2. The number of nitrogens with two attached hydrogens (primary N) is 1. The molecule has 1 aliphatic rings. The highest BCUT2D eigenvalue weighted by Crippen LogP contribution is 2.30. The normalized spacial score (nSPS) is 33.9. The van der Waals surface area contributed by atoms with Gasteiger partial charge in [-0.15, -0.1) is 36.4 Å². The van der Waals surface area contributed by atoms with Gasteiger partial charge >= 0.3 is 6.36 Å². The molecule has 2 N–H and O–H groups in total. The van der Waals surface area contributed by atoms with E-state index >= 15 is 0 Å². The Labute approximate surface area is 88.8 Å². The van der Waals surface area contributed by atoms with Crippen molar-refractivity contribution in [2.75, 3.05) is 0 Å². The molecule has 0 spiro atoms. The van der Waals surface area contributed by atoms with Crippen molar-refractivity contribution in [3.05, 3.63) is 11.8 Å². The Bertz CT molecular complexity index is 244. The van der Waals surface area contributed by atoms with Gasteiger partial charge < -0.3 is 10.5 Å². The summed E-state index contributed by atoms with van der Waals surface area (Å²) in [4.78, 5) is 0. The predicted octanol–water partition coefficient (Wildman–Crippen LogP) is 2.35. The number of hydrogen-bond donors (Lipinski definition) is 1. The summed E-state index contributed by atoms with van der Waals surface area (Å²) in [7, 11) is 0. The molecule has 0 heterocycles. The summed E-state index contributed by atoms with van der Waals surface area (Å²) in [6, 6.07) is -0.853. The molecule has 0 aromatic rings. The second kappa shape index (κ2) is 4.16. The molecule has 3 unspecified atom stereocenters. The lowest BCUT2D eigenvalue weighted by molar-refractivity contribution is -0.307. The molecule has 0 aromatic heterocycles. The molecular weight excluding hydrogens is 242 g/mol. The average Bonchev–Trinajstić information content (AvgIpc) is 1.97. The van der Waals surface area contributed by atoms with Crippen molar-refractivity contribution in [1.29, 1.82) is 0 Å². The van der Waals surface area contributed by atoms with Crippen molar-refractivity contribution in [1.82, 2.24) is 0 Å². The van der Waals surface area contributed by atoms with Crippen molar-refractivity contribution in [3.8, 4) is 0 Å². The zero-order chi connectivity index (χ0) is 10.9. The number of ether oxygens (including phenoxy) is 1. The van der Waals surface area contributed by atoms with Gasteiger partial charge in [-0.05, 0) is 12.5 Å². The maximum Gasteiger partial charge on any atom is 0.572 e. The predicted molar refractivity (Wildman–Crippen MR) is 47.1 cm³/mol. The van der Waals surface area contributed by atoms with Gasteiger partial charge in [0.25, 0.3) is 0 Å². The summed E-state index contributed by atoms with van der Waals surface area (Å²) < 4.78 is 39.2. The minimum absolute atomic E-state index is 0.164. The number of rotatable bonds is 1. The fraction of sp³-hybridized carbons (Fsp3) is 0.714. The van der Waals surface area contributed by atoms with Gasteiger partial charge in [0.1, 0.15) is 5.76 Å². The van der Waals surface area contributed by atoms with Gasteiger partial charge in [0, 0.05) is 0 Å². The van der Waals surface area contributed by atoms with Crippen LogP contribution in [0.4, 0.5) is 13.2 Å². The number of alkyl halides is 5. The molecule has 14 heavy (non-hydrogen) atoms. The lowest BCUT2D eigenvalue weighted by Crippen LogP contribution is -2.37. The van der Waals surface area contributed by atoms with E-state index in [1.54, 1.807) is 0 Å². The lowest BCUT2D eigenvalue weighted by Gasteiger charge is -2.27. The first-order valence-electron chi connectivity index (χ1n) is 3.81. The first-order chi connectivity index (χ1) is 6.29. The Morgan fingerprint density at radius 2 is 2.00 bits per heavy atom. The van der Waals surface area contributed by atoms with E-state index in [-0.39, 0.29) is 12.2 Å². The molecule has 0 aliphatic heterocycles. The molecule has 0 fully saturated rings. The molecule has 0 bridgehead atoms. The second-order valence-electron chi connectivity index (χ2n) is 2.92. The van der Waals surface area contributed by atoms with Gasteiger partial charge in [0.15, 0.2) is 0 Å². The molecule has 3 atom stereocenters. The van der Waals surface area contributed by atoms with Crippen molar-refractivity contribution < 1.29 is 17.9 Å². The Morgan fingerprint density at radius 1 is 1.43 bits per heavy atom. The van der Waals surface area contributed by atoms with Crippen LogP contribution in [0.15, 0.2) is 11.8 Å². The van der Waals surface area contributed by atoms with Crippen LogP contribution < -0.4 is 5.73 Å². The minimum Gasteiger partial charge on any atom is -0.409 e. The molecule has 82 valence electrons. The lowest BCUT2D eigenvalue weighted by atomic mass is 10.0. The van der Waals surface area contributed by atoms with E-state index in [4.69, 9.17) is 28.9 Å². The van der Waals surface area contributed by atoms with E-state index in [1.165, 1.54) is 0 Å². The largest absolute Gasteiger partial charge is 0.572 e. The van der Waals surface area contributed by atoms with Crippen LogP contribution in [0.3, 0.4) is 0 Å². The number of allylic oxidation sites excluding steroid dienone is 1. The van der Waals surface area contributed by atoms with Gasteiger partial charge in [-0.25, -0.2) is 0 Å². The topological polar surface area (TPSA) is 35.2 Å². The van der Waals surface area contributed by atoms with Crippen LogP contribution >= 0.6 is 23.2 Å². The third-order valence-electron chi connectivity index (χ3n) is 1.75. The van der Waals surface area contributed by atoms with Gasteiger partial charge in [0.2, 0.25) is 0 Å². The molecule has 1 rings (SSSR count). The number of halogens is 5. The molecule has 0 aromatic carbocycles.